The highest BCUT2D eigenvalue weighted by Crippen LogP contribution is 2.40. The maximum atomic E-state index is 11.9. The Balaban J connectivity index is 1.53. The summed E-state index contributed by atoms with van der Waals surface area (Å²) in [6.45, 7) is 4.71. The van der Waals surface area contributed by atoms with E-state index < -0.39 is 0 Å². The van der Waals surface area contributed by atoms with Gasteiger partial charge in [-0.25, -0.2) is 4.68 Å². The third-order valence-electron chi connectivity index (χ3n) is 7.28. The molecule has 0 unspecified atom stereocenters. The maximum Gasteiger partial charge on any atom is 0.267 e. The van der Waals surface area contributed by atoms with Gasteiger partial charge in [0.25, 0.3) is 5.56 Å². The van der Waals surface area contributed by atoms with Gasteiger partial charge in [-0.1, -0.05) is 39.2 Å². The average molecular weight is 462 g/mol. The van der Waals surface area contributed by atoms with Crippen LogP contribution in [0.15, 0.2) is 47.4 Å². The molecule has 0 spiro atoms. The largest absolute Gasteiger partial charge is 0.507 e. The van der Waals surface area contributed by atoms with Crippen LogP contribution < -0.4 is 10.5 Å². The minimum absolute atomic E-state index is 0.0904. The molecule has 180 valence electrons. The van der Waals surface area contributed by atoms with E-state index in [1.807, 2.05) is 18.2 Å². The fourth-order valence-corrected chi connectivity index (χ4v) is 5.27. The number of hydrogen-bond donors (Lipinski definition) is 1. The van der Waals surface area contributed by atoms with Gasteiger partial charge < -0.3 is 10.0 Å². The Hall–Kier alpha value is -3.22. The quantitative estimate of drug-likeness (QED) is 0.509. The maximum absolute atomic E-state index is 11.9. The second-order valence-electron chi connectivity index (χ2n) is 9.99. The first-order valence-corrected chi connectivity index (χ1v) is 12.2. The Morgan fingerprint density at radius 2 is 1.97 bits per heavy atom. The average Bonchev–Trinajstić information content (AvgIpc) is 3.02. The fraction of sp³-hybridized carbons (Fsp3) is 0.481. The Kier molecular flexibility index (Phi) is 7.00. The Morgan fingerprint density at radius 1 is 1.15 bits per heavy atom. The Labute approximate surface area is 201 Å². The molecule has 1 aliphatic rings. The van der Waals surface area contributed by atoms with Crippen LogP contribution in [-0.2, 0) is 7.05 Å². The second-order valence-corrected chi connectivity index (χ2v) is 9.99. The smallest absolute Gasteiger partial charge is 0.267 e. The zero-order chi connectivity index (χ0) is 24.3. The van der Waals surface area contributed by atoms with E-state index in [0.717, 1.165) is 11.4 Å². The molecule has 3 aromatic rings. The van der Waals surface area contributed by atoms with Gasteiger partial charge in [0.05, 0.1) is 11.9 Å². The first-order chi connectivity index (χ1) is 16.3. The van der Waals surface area contributed by atoms with Crippen molar-refractivity contribution in [1.29, 1.82) is 0 Å². The molecule has 7 heteroatoms. The number of hydrogen-bond acceptors (Lipinski definition) is 6. The number of aromatic hydroxyl groups is 1. The van der Waals surface area contributed by atoms with E-state index >= 15 is 0 Å². The van der Waals surface area contributed by atoms with Crippen LogP contribution in [0.2, 0.25) is 0 Å². The lowest BCUT2D eigenvalue weighted by Gasteiger charge is -2.35. The lowest BCUT2D eigenvalue weighted by Crippen LogP contribution is -2.36. The number of aryl methyl sites for hydroxylation is 1. The normalized spacial score (nSPS) is 20.6. The van der Waals surface area contributed by atoms with Crippen LogP contribution in [0.4, 0.5) is 5.82 Å². The summed E-state index contributed by atoms with van der Waals surface area (Å²) in [4.78, 5) is 14.2. The molecule has 2 heterocycles. The highest BCUT2D eigenvalue weighted by atomic mass is 16.3. The van der Waals surface area contributed by atoms with Crippen LogP contribution in [0.25, 0.3) is 22.4 Å². The molecular formula is C27H35N5O2. The van der Waals surface area contributed by atoms with Crippen molar-refractivity contribution in [3.63, 3.8) is 0 Å². The summed E-state index contributed by atoms with van der Waals surface area (Å²) in [5, 5.41) is 23.7. The summed E-state index contributed by atoms with van der Waals surface area (Å²) in [5.41, 5.74) is 2.79. The minimum atomic E-state index is -0.199. The molecule has 1 aromatic carbocycles. The van der Waals surface area contributed by atoms with Crippen molar-refractivity contribution < 1.29 is 5.11 Å². The van der Waals surface area contributed by atoms with E-state index in [9.17, 15) is 9.90 Å². The lowest BCUT2D eigenvalue weighted by atomic mass is 9.77. The van der Waals surface area contributed by atoms with Gasteiger partial charge in [-0.2, -0.15) is 5.10 Å². The minimum Gasteiger partial charge on any atom is -0.507 e. The third kappa shape index (κ3) is 5.13. The molecular weight excluding hydrogens is 426 g/mol. The van der Waals surface area contributed by atoms with E-state index in [1.54, 1.807) is 25.4 Å². The molecule has 7 nitrogen and oxygen atoms in total. The van der Waals surface area contributed by atoms with Crippen LogP contribution in [0.5, 0.6) is 5.75 Å². The first-order valence-electron chi connectivity index (χ1n) is 12.2. The number of phenols is 1. The lowest BCUT2D eigenvalue weighted by molar-refractivity contribution is 0.238. The number of benzene rings is 1. The predicted molar refractivity (Wildman–Crippen MR) is 136 cm³/mol. The SMILES string of the molecule is CCC[C@]1(C)CCCC[C@H](N(C)c2ccc(-c3ccc(-c4cnn(C)c(=O)c4)cc3O)nn2)C1. The second kappa shape index (κ2) is 9.95. The van der Waals surface area contributed by atoms with Crippen LogP contribution in [0.3, 0.4) is 0 Å². The zero-order valence-electron chi connectivity index (χ0n) is 20.7. The molecule has 2 atom stereocenters. The van der Waals surface area contributed by atoms with Crippen molar-refractivity contribution in [3.05, 3.63) is 52.9 Å². The predicted octanol–water partition coefficient (Wildman–Crippen LogP) is 5.19. The molecule has 1 saturated carbocycles. The molecule has 1 N–H and O–H groups in total. The third-order valence-corrected chi connectivity index (χ3v) is 7.28. The molecule has 0 bridgehead atoms. The van der Waals surface area contributed by atoms with Gasteiger partial charge in [0, 0.05) is 37.3 Å². The summed E-state index contributed by atoms with van der Waals surface area (Å²) in [5.74, 6) is 0.949. The topological polar surface area (TPSA) is 84.1 Å². The van der Waals surface area contributed by atoms with Crippen LogP contribution in [-0.4, -0.2) is 38.2 Å². The van der Waals surface area contributed by atoms with Gasteiger partial charge in [0.2, 0.25) is 0 Å². The van der Waals surface area contributed by atoms with E-state index in [1.165, 1.54) is 55.7 Å². The number of nitrogens with zero attached hydrogens (tertiary/aromatic N) is 5. The standard InChI is InChI=1S/C27H35N5O2/c1-5-13-27(2)14-7-6-8-21(17-27)31(3)25-12-11-23(29-30-25)22-10-9-19(15-24(22)33)20-16-26(34)32(4)28-18-20/h9-12,15-16,18,21,33H,5-8,13-14,17H2,1-4H3/t21-,27+/m0/s1. The molecule has 1 fully saturated rings. The summed E-state index contributed by atoms with van der Waals surface area (Å²) < 4.78 is 1.27. The summed E-state index contributed by atoms with van der Waals surface area (Å²) >= 11 is 0. The van der Waals surface area contributed by atoms with Crippen molar-refractivity contribution in [3.8, 4) is 28.1 Å². The van der Waals surface area contributed by atoms with Crippen molar-refractivity contribution in [2.24, 2.45) is 12.5 Å². The molecule has 2 aromatic heterocycles. The summed E-state index contributed by atoms with van der Waals surface area (Å²) in [7, 11) is 3.72. The molecule has 0 saturated heterocycles. The number of rotatable bonds is 6. The monoisotopic (exact) mass is 461 g/mol. The zero-order valence-corrected chi connectivity index (χ0v) is 20.7. The van der Waals surface area contributed by atoms with E-state index in [0.29, 0.717) is 28.3 Å². The van der Waals surface area contributed by atoms with Crippen molar-refractivity contribution >= 4 is 5.82 Å². The molecule has 34 heavy (non-hydrogen) atoms. The molecule has 1 aliphatic carbocycles. The molecule has 0 amide bonds. The Bertz CT molecular complexity index is 1190. The van der Waals surface area contributed by atoms with Crippen LogP contribution in [0, 0.1) is 5.41 Å². The van der Waals surface area contributed by atoms with Crippen LogP contribution >= 0.6 is 0 Å². The van der Waals surface area contributed by atoms with Gasteiger partial charge in [-0.05, 0) is 60.9 Å². The molecule has 0 aliphatic heterocycles. The van der Waals surface area contributed by atoms with E-state index in [4.69, 9.17) is 0 Å². The molecule has 4 rings (SSSR count). The van der Waals surface area contributed by atoms with E-state index in [2.05, 4.69) is 41.1 Å². The van der Waals surface area contributed by atoms with Gasteiger partial charge in [-0.3, -0.25) is 4.79 Å². The van der Waals surface area contributed by atoms with Crippen LogP contribution in [0.1, 0.15) is 58.8 Å². The number of aromatic nitrogens is 4. The highest BCUT2D eigenvalue weighted by Gasteiger charge is 2.32. The van der Waals surface area contributed by atoms with E-state index in [-0.39, 0.29) is 11.3 Å². The Morgan fingerprint density at radius 3 is 2.65 bits per heavy atom. The summed E-state index contributed by atoms with van der Waals surface area (Å²) in [6.07, 6.45) is 10.3. The van der Waals surface area contributed by atoms with Gasteiger partial charge in [0.15, 0.2) is 5.82 Å². The number of phenolic OH excluding ortho intramolecular Hbond substituents is 1. The molecule has 0 radical (unpaired) electrons. The van der Waals surface area contributed by atoms with Crippen molar-refractivity contribution in [2.45, 2.75) is 64.8 Å². The fourth-order valence-electron chi connectivity index (χ4n) is 5.27. The van der Waals surface area contributed by atoms with Gasteiger partial charge in [0.1, 0.15) is 5.75 Å². The van der Waals surface area contributed by atoms with Gasteiger partial charge in [-0.15, -0.1) is 10.2 Å². The first kappa shape index (κ1) is 23.9. The number of anilines is 1. The van der Waals surface area contributed by atoms with Crippen molar-refractivity contribution in [2.75, 3.05) is 11.9 Å². The van der Waals surface area contributed by atoms with Gasteiger partial charge >= 0.3 is 0 Å². The van der Waals surface area contributed by atoms with Crippen molar-refractivity contribution in [1.82, 2.24) is 20.0 Å². The summed E-state index contributed by atoms with van der Waals surface area (Å²) in [6, 6.07) is 11.2. The highest BCUT2D eigenvalue weighted by molar-refractivity contribution is 5.74.